The van der Waals surface area contributed by atoms with Gasteiger partial charge in [0.15, 0.2) is 5.78 Å². The van der Waals surface area contributed by atoms with E-state index in [9.17, 15) is 4.79 Å². The van der Waals surface area contributed by atoms with Crippen LogP contribution in [0.15, 0.2) is 28.7 Å². The number of halogens is 1. The lowest BCUT2D eigenvalue weighted by atomic mass is 10.1. The van der Waals surface area contributed by atoms with Crippen LogP contribution in [0.2, 0.25) is 0 Å². The molecule has 0 amide bonds. The molecule has 106 valence electrons. The average Bonchev–Trinajstić information content (AvgIpc) is 3.27. The van der Waals surface area contributed by atoms with Crippen molar-refractivity contribution in [3.63, 3.8) is 0 Å². The van der Waals surface area contributed by atoms with Crippen LogP contribution in [0.5, 0.6) is 0 Å². The van der Waals surface area contributed by atoms with Crippen LogP contribution < -0.4 is 0 Å². The first-order valence-electron chi connectivity index (χ1n) is 7.10. The van der Waals surface area contributed by atoms with E-state index in [4.69, 9.17) is 5.26 Å². The molecule has 0 atom stereocenters. The summed E-state index contributed by atoms with van der Waals surface area (Å²) in [5, 5.41) is 8.67. The second-order valence-electron chi connectivity index (χ2n) is 5.21. The first-order chi connectivity index (χ1) is 9.70. The lowest BCUT2D eigenvalue weighted by Crippen LogP contribution is -2.28. The Labute approximate surface area is 128 Å². The van der Waals surface area contributed by atoms with Crippen LogP contribution in [-0.2, 0) is 0 Å². The fourth-order valence-corrected chi connectivity index (χ4v) is 2.60. The molecule has 0 radical (unpaired) electrons. The summed E-state index contributed by atoms with van der Waals surface area (Å²) in [6.07, 6.45) is 4.52. The molecule has 20 heavy (non-hydrogen) atoms. The van der Waals surface area contributed by atoms with Gasteiger partial charge in [-0.25, -0.2) is 0 Å². The minimum Gasteiger partial charge on any atom is -0.299 e. The third-order valence-electron chi connectivity index (χ3n) is 3.59. The minimum absolute atomic E-state index is 0.202. The van der Waals surface area contributed by atoms with Gasteiger partial charge in [-0.3, -0.25) is 9.69 Å². The van der Waals surface area contributed by atoms with Crippen molar-refractivity contribution >= 4 is 21.7 Å². The summed E-state index contributed by atoms with van der Waals surface area (Å²) in [5.74, 6) is 0.202. The number of nitriles is 1. The lowest BCUT2D eigenvalue weighted by molar-refractivity contribution is 0.0974. The molecule has 0 unspecified atom stereocenters. The van der Waals surface area contributed by atoms with E-state index in [0.717, 1.165) is 29.5 Å². The Hall–Kier alpha value is -1.18. The van der Waals surface area contributed by atoms with Crippen LogP contribution >= 0.6 is 15.9 Å². The average molecular weight is 335 g/mol. The van der Waals surface area contributed by atoms with Crippen molar-refractivity contribution in [2.24, 2.45) is 0 Å². The molecule has 0 bridgehead atoms. The SMILES string of the molecule is N#CCCN(CCCC(=O)c1ccc(Br)cc1)C1CC1. The zero-order valence-corrected chi connectivity index (χ0v) is 13.1. The van der Waals surface area contributed by atoms with Crippen LogP contribution in [0.1, 0.15) is 42.5 Å². The molecule has 0 aromatic heterocycles. The molecule has 1 saturated carbocycles. The number of benzene rings is 1. The molecule has 0 N–H and O–H groups in total. The normalized spacial score (nSPS) is 14.2. The second-order valence-corrected chi connectivity index (χ2v) is 6.12. The summed E-state index contributed by atoms with van der Waals surface area (Å²) < 4.78 is 0.991. The summed E-state index contributed by atoms with van der Waals surface area (Å²) in [6.45, 7) is 1.77. The number of ketones is 1. The first-order valence-corrected chi connectivity index (χ1v) is 7.90. The zero-order valence-electron chi connectivity index (χ0n) is 11.5. The summed E-state index contributed by atoms with van der Waals surface area (Å²) in [7, 11) is 0. The minimum atomic E-state index is 0.202. The molecule has 2 rings (SSSR count). The van der Waals surface area contributed by atoms with Crippen LogP contribution in [-0.4, -0.2) is 29.8 Å². The monoisotopic (exact) mass is 334 g/mol. The standard InChI is InChI=1S/C16H19BrN2O/c17-14-6-4-13(5-7-14)16(20)3-1-11-19(12-2-10-18)15-8-9-15/h4-7,15H,1-3,8-9,11-12H2. The van der Waals surface area contributed by atoms with Crippen molar-refractivity contribution in [1.29, 1.82) is 5.26 Å². The quantitative estimate of drug-likeness (QED) is 0.679. The van der Waals surface area contributed by atoms with Crippen LogP contribution in [0, 0.1) is 11.3 Å². The molecule has 3 nitrogen and oxygen atoms in total. The maximum Gasteiger partial charge on any atom is 0.162 e. The Morgan fingerprint density at radius 1 is 1.30 bits per heavy atom. The molecule has 0 heterocycles. The highest BCUT2D eigenvalue weighted by Crippen LogP contribution is 2.27. The smallest absolute Gasteiger partial charge is 0.162 e. The van der Waals surface area contributed by atoms with Gasteiger partial charge in [0, 0.05) is 35.5 Å². The van der Waals surface area contributed by atoms with E-state index in [1.165, 1.54) is 12.8 Å². The molecule has 4 heteroatoms. The number of rotatable bonds is 8. The third-order valence-corrected chi connectivity index (χ3v) is 4.12. The van der Waals surface area contributed by atoms with E-state index >= 15 is 0 Å². The van der Waals surface area contributed by atoms with E-state index in [-0.39, 0.29) is 5.78 Å². The Morgan fingerprint density at radius 2 is 2.00 bits per heavy atom. The Morgan fingerprint density at radius 3 is 2.60 bits per heavy atom. The van der Waals surface area contributed by atoms with E-state index in [2.05, 4.69) is 26.9 Å². The van der Waals surface area contributed by atoms with Crippen molar-refractivity contribution in [2.75, 3.05) is 13.1 Å². The summed E-state index contributed by atoms with van der Waals surface area (Å²) in [4.78, 5) is 14.4. The first kappa shape index (κ1) is 15.2. The Balaban J connectivity index is 1.75. The number of carbonyl (C=O) groups is 1. The molecule has 1 aromatic rings. The summed E-state index contributed by atoms with van der Waals surface area (Å²) in [5.41, 5.74) is 0.781. The van der Waals surface area contributed by atoms with Crippen molar-refractivity contribution in [1.82, 2.24) is 4.90 Å². The number of hydrogen-bond donors (Lipinski definition) is 0. The van der Waals surface area contributed by atoms with Crippen molar-refractivity contribution in [2.45, 2.75) is 38.1 Å². The van der Waals surface area contributed by atoms with Gasteiger partial charge < -0.3 is 0 Å². The Kier molecular flexibility index (Phi) is 5.75. The van der Waals surface area contributed by atoms with Gasteiger partial charge >= 0.3 is 0 Å². The van der Waals surface area contributed by atoms with E-state index in [1.54, 1.807) is 0 Å². The number of Topliss-reactive ketones (excluding diaryl/α,β-unsaturated/α-hetero) is 1. The summed E-state index contributed by atoms with van der Waals surface area (Å²) >= 11 is 3.37. The van der Waals surface area contributed by atoms with Gasteiger partial charge in [-0.15, -0.1) is 0 Å². The van der Waals surface area contributed by atoms with Crippen molar-refractivity contribution in [3.8, 4) is 6.07 Å². The van der Waals surface area contributed by atoms with E-state index < -0.39 is 0 Å². The fourth-order valence-electron chi connectivity index (χ4n) is 2.33. The van der Waals surface area contributed by atoms with Gasteiger partial charge in [-0.2, -0.15) is 5.26 Å². The highest BCUT2D eigenvalue weighted by Gasteiger charge is 2.28. The van der Waals surface area contributed by atoms with Crippen LogP contribution in [0.4, 0.5) is 0 Å². The zero-order chi connectivity index (χ0) is 14.4. The topological polar surface area (TPSA) is 44.1 Å². The highest BCUT2D eigenvalue weighted by molar-refractivity contribution is 9.10. The lowest BCUT2D eigenvalue weighted by Gasteiger charge is -2.20. The number of hydrogen-bond acceptors (Lipinski definition) is 3. The van der Waals surface area contributed by atoms with Gasteiger partial charge in [0.25, 0.3) is 0 Å². The van der Waals surface area contributed by atoms with E-state index in [0.29, 0.717) is 18.9 Å². The maximum atomic E-state index is 12.1. The molecular weight excluding hydrogens is 316 g/mol. The van der Waals surface area contributed by atoms with Gasteiger partial charge in [0.1, 0.15) is 0 Å². The predicted octanol–water partition coefficient (Wildman–Crippen LogP) is 3.79. The predicted molar refractivity (Wildman–Crippen MR) is 82.5 cm³/mol. The van der Waals surface area contributed by atoms with Crippen molar-refractivity contribution < 1.29 is 4.79 Å². The molecule has 1 aliphatic carbocycles. The third kappa shape index (κ3) is 4.73. The molecule has 1 aromatic carbocycles. The van der Waals surface area contributed by atoms with Gasteiger partial charge in [0.2, 0.25) is 0 Å². The summed E-state index contributed by atoms with van der Waals surface area (Å²) in [6, 6.07) is 10.4. The maximum absolute atomic E-state index is 12.1. The molecule has 0 aliphatic heterocycles. The molecule has 0 spiro atoms. The molecule has 0 saturated heterocycles. The highest BCUT2D eigenvalue weighted by atomic mass is 79.9. The molecular formula is C16H19BrN2O. The largest absolute Gasteiger partial charge is 0.299 e. The van der Waals surface area contributed by atoms with Gasteiger partial charge in [-0.1, -0.05) is 28.1 Å². The van der Waals surface area contributed by atoms with Crippen LogP contribution in [0.3, 0.4) is 0 Å². The molecule has 1 aliphatic rings. The Bertz CT molecular complexity index is 488. The molecule has 1 fully saturated rings. The van der Waals surface area contributed by atoms with Crippen molar-refractivity contribution in [3.05, 3.63) is 34.3 Å². The van der Waals surface area contributed by atoms with E-state index in [1.807, 2.05) is 24.3 Å². The second kappa shape index (κ2) is 7.56. The number of carbonyl (C=O) groups excluding carboxylic acids is 1. The van der Waals surface area contributed by atoms with Gasteiger partial charge in [0.05, 0.1) is 6.07 Å². The van der Waals surface area contributed by atoms with Gasteiger partial charge in [-0.05, 0) is 37.9 Å². The fraction of sp³-hybridized carbons (Fsp3) is 0.500. The van der Waals surface area contributed by atoms with Crippen LogP contribution in [0.25, 0.3) is 0 Å². The number of nitrogens with zero attached hydrogens (tertiary/aromatic N) is 2.